The van der Waals surface area contributed by atoms with Crippen LogP contribution in [0.4, 0.5) is 4.79 Å². The van der Waals surface area contributed by atoms with Crippen molar-refractivity contribution in [1.82, 2.24) is 19.1 Å². The quantitative estimate of drug-likeness (QED) is 0.575. The molecule has 0 unspecified atom stereocenters. The molecule has 23 heavy (non-hydrogen) atoms. The second-order valence-electron chi connectivity index (χ2n) is 5.02. The number of fused-ring (bicyclic) bond motifs is 2. The minimum Gasteiger partial charge on any atom is -0.464 e. The van der Waals surface area contributed by atoms with Gasteiger partial charge in [-0.3, -0.25) is 13.9 Å². The Balaban J connectivity index is 1.96. The number of rotatable bonds is 2. The fourth-order valence-corrected chi connectivity index (χ4v) is 2.60. The molecule has 0 saturated carbocycles. The highest BCUT2D eigenvalue weighted by molar-refractivity contribution is 5.90. The predicted molar refractivity (Wildman–Crippen MR) is 83.2 cm³/mol. The first-order chi connectivity index (χ1) is 11.2. The topological polar surface area (TPSA) is 90.0 Å². The Hall–Kier alpha value is -3.48. The number of pyridine rings is 1. The highest BCUT2D eigenvalue weighted by Crippen LogP contribution is 2.22. The minimum absolute atomic E-state index is 0.314. The van der Waals surface area contributed by atoms with Crippen molar-refractivity contribution >= 4 is 34.4 Å². The summed E-state index contributed by atoms with van der Waals surface area (Å²) in [7, 11) is 0. The van der Waals surface area contributed by atoms with Crippen LogP contribution in [0.25, 0.3) is 27.8 Å². The Morgan fingerprint density at radius 1 is 1.17 bits per heavy atom. The third-order valence-electron chi connectivity index (χ3n) is 3.70. The van der Waals surface area contributed by atoms with Crippen molar-refractivity contribution in [2.45, 2.75) is 0 Å². The maximum Gasteiger partial charge on any atom is 0.416 e. The lowest BCUT2D eigenvalue weighted by atomic mass is 10.2. The molecule has 0 fully saturated rings. The van der Waals surface area contributed by atoms with E-state index >= 15 is 0 Å². The minimum atomic E-state index is -1.05. The molecular formula is C16H10N4O3. The molecule has 0 bridgehead atoms. The smallest absolute Gasteiger partial charge is 0.416 e. The van der Waals surface area contributed by atoms with Crippen LogP contribution in [0.2, 0.25) is 0 Å². The van der Waals surface area contributed by atoms with E-state index in [-0.39, 0.29) is 0 Å². The second kappa shape index (κ2) is 4.77. The Kier molecular flexibility index (Phi) is 2.74. The maximum atomic E-state index is 11.3. The lowest BCUT2D eigenvalue weighted by molar-refractivity contribution is 0.111. The molecule has 0 spiro atoms. The van der Waals surface area contributed by atoms with Crippen LogP contribution >= 0.6 is 0 Å². The molecule has 7 heteroatoms. The Bertz CT molecular complexity index is 1080. The van der Waals surface area contributed by atoms with Crippen molar-refractivity contribution in [2.75, 3.05) is 0 Å². The Morgan fingerprint density at radius 3 is 2.83 bits per heavy atom. The predicted octanol–water partition coefficient (Wildman–Crippen LogP) is 2.71. The van der Waals surface area contributed by atoms with Crippen molar-refractivity contribution in [1.29, 1.82) is 0 Å². The highest BCUT2D eigenvalue weighted by atomic mass is 16.4. The fraction of sp³-hybridized carbons (Fsp3) is 0. The maximum absolute atomic E-state index is 11.3. The molecule has 0 amide bonds. The number of aromatic nitrogens is 4. The zero-order valence-corrected chi connectivity index (χ0v) is 11.7. The van der Waals surface area contributed by atoms with Gasteiger partial charge in [0, 0.05) is 11.6 Å². The largest absolute Gasteiger partial charge is 0.464 e. The number of imidazole rings is 1. The van der Waals surface area contributed by atoms with Crippen LogP contribution in [0, 0.1) is 0 Å². The summed E-state index contributed by atoms with van der Waals surface area (Å²) < 4.78 is 2.88. The third kappa shape index (κ3) is 1.98. The van der Waals surface area contributed by atoms with E-state index in [0.29, 0.717) is 28.7 Å². The van der Waals surface area contributed by atoms with Crippen LogP contribution in [0.5, 0.6) is 0 Å². The van der Waals surface area contributed by atoms with Gasteiger partial charge in [0.15, 0.2) is 11.9 Å². The fourth-order valence-electron chi connectivity index (χ4n) is 2.60. The zero-order chi connectivity index (χ0) is 16.0. The van der Waals surface area contributed by atoms with Gasteiger partial charge >= 0.3 is 6.09 Å². The molecular weight excluding hydrogens is 296 g/mol. The summed E-state index contributed by atoms with van der Waals surface area (Å²) in [5.74, 6) is 0. The molecule has 0 aliphatic rings. The number of benzene rings is 1. The molecule has 3 heterocycles. The standard InChI is InChI=1S/C16H10N4O3/c21-8-11-2-4-13-15(18-11)20(9-17-13)12-3-1-10-5-6-19(16(22)23)14(10)7-12/h1-9H,(H,22,23). The summed E-state index contributed by atoms with van der Waals surface area (Å²) in [6, 6.07) is 10.5. The Labute approximate surface area is 129 Å². The van der Waals surface area contributed by atoms with Gasteiger partial charge in [-0.15, -0.1) is 0 Å². The number of carboxylic acid groups (broad SMARTS) is 1. The third-order valence-corrected chi connectivity index (χ3v) is 3.70. The molecule has 4 rings (SSSR count). The summed E-state index contributed by atoms with van der Waals surface area (Å²) in [5, 5.41) is 10.0. The van der Waals surface area contributed by atoms with Crippen LogP contribution in [-0.4, -0.2) is 36.6 Å². The van der Waals surface area contributed by atoms with E-state index in [1.54, 1.807) is 35.2 Å². The van der Waals surface area contributed by atoms with Gasteiger partial charge in [-0.05, 0) is 30.3 Å². The normalized spacial score (nSPS) is 11.1. The molecule has 4 aromatic rings. The lowest BCUT2D eigenvalue weighted by Gasteiger charge is -2.05. The lowest BCUT2D eigenvalue weighted by Crippen LogP contribution is -2.06. The molecule has 0 saturated heterocycles. The van der Waals surface area contributed by atoms with Crippen LogP contribution in [0.15, 0.2) is 48.9 Å². The van der Waals surface area contributed by atoms with Crippen LogP contribution < -0.4 is 0 Å². The summed E-state index contributed by atoms with van der Waals surface area (Å²) >= 11 is 0. The molecule has 0 aliphatic heterocycles. The van der Waals surface area contributed by atoms with Gasteiger partial charge in [-0.2, -0.15) is 0 Å². The molecule has 1 aromatic carbocycles. The number of hydrogen-bond acceptors (Lipinski definition) is 4. The summed E-state index contributed by atoms with van der Waals surface area (Å²) in [4.78, 5) is 30.7. The average Bonchev–Trinajstić information content (AvgIpc) is 3.17. The van der Waals surface area contributed by atoms with Gasteiger partial charge in [-0.1, -0.05) is 6.07 Å². The highest BCUT2D eigenvalue weighted by Gasteiger charge is 2.11. The van der Waals surface area contributed by atoms with E-state index in [2.05, 4.69) is 9.97 Å². The van der Waals surface area contributed by atoms with Crippen molar-refractivity contribution in [3.8, 4) is 5.69 Å². The number of carbonyl (C=O) groups is 2. The molecule has 3 aromatic heterocycles. The van der Waals surface area contributed by atoms with Crippen molar-refractivity contribution < 1.29 is 14.7 Å². The first-order valence-electron chi connectivity index (χ1n) is 6.81. The Morgan fingerprint density at radius 2 is 2.04 bits per heavy atom. The van der Waals surface area contributed by atoms with Crippen molar-refractivity contribution in [3.05, 3.63) is 54.6 Å². The van der Waals surface area contributed by atoms with Gasteiger partial charge in [0.1, 0.15) is 17.5 Å². The molecule has 0 atom stereocenters. The number of hydrogen-bond donors (Lipinski definition) is 1. The molecule has 112 valence electrons. The number of carbonyl (C=O) groups excluding carboxylic acids is 1. The van der Waals surface area contributed by atoms with Gasteiger partial charge in [-0.25, -0.2) is 14.8 Å². The van der Waals surface area contributed by atoms with Gasteiger partial charge in [0.2, 0.25) is 0 Å². The van der Waals surface area contributed by atoms with E-state index in [9.17, 15) is 14.7 Å². The van der Waals surface area contributed by atoms with E-state index in [1.165, 1.54) is 6.20 Å². The summed E-state index contributed by atoms with van der Waals surface area (Å²) in [5.41, 5.74) is 2.81. The van der Waals surface area contributed by atoms with Crippen molar-refractivity contribution in [2.24, 2.45) is 0 Å². The van der Waals surface area contributed by atoms with Gasteiger partial charge in [0.05, 0.1) is 11.2 Å². The summed E-state index contributed by atoms with van der Waals surface area (Å²) in [6.07, 6.45) is 2.73. The first-order valence-corrected chi connectivity index (χ1v) is 6.81. The molecule has 0 radical (unpaired) electrons. The van der Waals surface area contributed by atoms with Crippen LogP contribution in [-0.2, 0) is 0 Å². The van der Waals surface area contributed by atoms with E-state index in [0.717, 1.165) is 15.6 Å². The zero-order valence-electron chi connectivity index (χ0n) is 11.7. The second-order valence-corrected chi connectivity index (χ2v) is 5.02. The van der Waals surface area contributed by atoms with E-state index in [1.807, 2.05) is 12.1 Å². The first kappa shape index (κ1) is 13.2. The van der Waals surface area contributed by atoms with Gasteiger partial charge in [0.25, 0.3) is 0 Å². The molecule has 7 nitrogen and oxygen atoms in total. The SMILES string of the molecule is O=Cc1ccc2ncn(-c3ccc4ccn(C(=O)O)c4c3)c2n1. The van der Waals surface area contributed by atoms with Gasteiger partial charge < -0.3 is 5.11 Å². The monoisotopic (exact) mass is 306 g/mol. The number of aldehydes is 1. The van der Waals surface area contributed by atoms with E-state index < -0.39 is 6.09 Å². The van der Waals surface area contributed by atoms with Crippen molar-refractivity contribution in [3.63, 3.8) is 0 Å². The van der Waals surface area contributed by atoms with Crippen LogP contribution in [0.1, 0.15) is 10.5 Å². The van der Waals surface area contributed by atoms with Crippen LogP contribution in [0.3, 0.4) is 0 Å². The number of nitrogens with zero attached hydrogens (tertiary/aromatic N) is 4. The molecule has 0 aliphatic carbocycles. The summed E-state index contributed by atoms with van der Waals surface area (Å²) in [6.45, 7) is 0. The van der Waals surface area contributed by atoms with E-state index in [4.69, 9.17) is 0 Å². The molecule has 1 N–H and O–H groups in total. The average molecular weight is 306 g/mol.